The van der Waals surface area contributed by atoms with E-state index in [1.807, 2.05) is 54.6 Å². The summed E-state index contributed by atoms with van der Waals surface area (Å²) in [5, 5.41) is 12.7. The van der Waals surface area contributed by atoms with Gasteiger partial charge in [0.1, 0.15) is 0 Å². The lowest BCUT2D eigenvalue weighted by molar-refractivity contribution is 0.276. The van der Waals surface area contributed by atoms with E-state index in [0.29, 0.717) is 0 Å². The van der Waals surface area contributed by atoms with Gasteiger partial charge in [-0.3, -0.25) is 0 Å². The van der Waals surface area contributed by atoms with Gasteiger partial charge in [-0.15, -0.1) is 0 Å². The summed E-state index contributed by atoms with van der Waals surface area (Å²) in [5.41, 5.74) is 2.08. The number of hydrogen-bond donors (Lipinski definition) is 2. The van der Waals surface area contributed by atoms with Crippen LogP contribution in [0.5, 0.6) is 0 Å². The van der Waals surface area contributed by atoms with E-state index in [1.165, 1.54) is 0 Å². The Morgan fingerprint density at radius 3 is 2.24 bits per heavy atom. The standard InChI is InChI=1S/C14H14BrNO/c15-12-8-6-11(7-9-12)14(10-17)16-13-4-2-1-3-5-13/h1-9,14,16-17H,10H2. The van der Waals surface area contributed by atoms with Crippen molar-refractivity contribution >= 4 is 21.6 Å². The molecule has 1 atom stereocenters. The maximum atomic E-state index is 9.44. The third kappa shape index (κ3) is 3.32. The molecule has 0 heterocycles. The number of aliphatic hydroxyl groups excluding tert-OH is 1. The zero-order valence-electron chi connectivity index (χ0n) is 9.31. The molecule has 3 heteroatoms. The predicted octanol–water partition coefficient (Wildman–Crippen LogP) is 3.59. The maximum absolute atomic E-state index is 9.44. The van der Waals surface area contributed by atoms with Crippen molar-refractivity contribution in [1.29, 1.82) is 0 Å². The van der Waals surface area contributed by atoms with Gasteiger partial charge in [0.05, 0.1) is 12.6 Å². The van der Waals surface area contributed by atoms with Crippen LogP contribution in [0.15, 0.2) is 59.1 Å². The second-order valence-electron chi connectivity index (χ2n) is 3.80. The van der Waals surface area contributed by atoms with Gasteiger partial charge in [0.2, 0.25) is 0 Å². The summed E-state index contributed by atoms with van der Waals surface area (Å²) in [6, 6.07) is 17.8. The Morgan fingerprint density at radius 2 is 1.65 bits per heavy atom. The molecule has 2 N–H and O–H groups in total. The van der Waals surface area contributed by atoms with Gasteiger partial charge in [-0.2, -0.15) is 0 Å². The summed E-state index contributed by atoms with van der Waals surface area (Å²) in [7, 11) is 0. The van der Waals surface area contributed by atoms with Crippen molar-refractivity contribution in [3.8, 4) is 0 Å². The zero-order chi connectivity index (χ0) is 12.1. The average molecular weight is 292 g/mol. The van der Waals surface area contributed by atoms with E-state index in [4.69, 9.17) is 0 Å². The smallest absolute Gasteiger partial charge is 0.0745 e. The SMILES string of the molecule is OCC(Nc1ccccc1)c1ccc(Br)cc1. The van der Waals surface area contributed by atoms with Crippen molar-refractivity contribution in [3.05, 3.63) is 64.6 Å². The fraction of sp³-hybridized carbons (Fsp3) is 0.143. The lowest BCUT2D eigenvalue weighted by Crippen LogP contribution is -2.14. The molecule has 0 radical (unpaired) electrons. The minimum atomic E-state index is -0.0782. The molecule has 0 spiro atoms. The summed E-state index contributed by atoms with van der Waals surface area (Å²) in [5.74, 6) is 0. The highest BCUT2D eigenvalue weighted by Gasteiger charge is 2.09. The Balaban J connectivity index is 2.14. The summed E-state index contributed by atoms with van der Waals surface area (Å²) >= 11 is 3.40. The molecule has 0 aliphatic heterocycles. The number of para-hydroxylation sites is 1. The van der Waals surface area contributed by atoms with Crippen molar-refractivity contribution in [2.75, 3.05) is 11.9 Å². The van der Waals surface area contributed by atoms with Gasteiger partial charge in [-0.25, -0.2) is 0 Å². The Morgan fingerprint density at radius 1 is 1.00 bits per heavy atom. The van der Waals surface area contributed by atoms with Crippen LogP contribution in [0, 0.1) is 0 Å². The molecule has 0 amide bonds. The van der Waals surface area contributed by atoms with E-state index < -0.39 is 0 Å². The molecular formula is C14H14BrNO. The average Bonchev–Trinajstić information content (AvgIpc) is 2.38. The lowest BCUT2D eigenvalue weighted by Gasteiger charge is -2.18. The number of nitrogens with one attached hydrogen (secondary N) is 1. The summed E-state index contributed by atoms with van der Waals surface area (Å²) in [6.07, 6.45) is 0. The second-order valence-corrected chi connectivity index (χ2v) is 4.71. The van der Waals surface area contributed by atoms with Gasteiger partial charge in [-0.05, 0) is 29.8 Å². The first-order valence-corrected chi connectivity index (χ1v) is 6.27. The maximum Gasteiger partial charge on any atom is 0.0745 e. The first kappa shape index (κ1) is 12.1. The monoisotopic (exact) mass is 291 g/mol. The van der Waals surface area contributed by atoms with Crippen molar-refractivity contribution in [2.24, 2.45) is 0 Å². The zero-order valence-corrected chi connectivity index (χ0v) is 10.9. The highest BCUT2D eigenvalue weighted by Crippen LogP contribution is 2.20. The molecule has 0 aliphatic carbocycles. The van der Waals surface area contributed by atoms with E-state index in [1.54, 1.807) is 0 Å². The first-order valence-electron chi connectivity index (χ1n) is 5.47. The summed E-state index contributed by atoms with van der Waals surface area (Å²) in [6.45, 7) is 0.0660. The van der Waals surface area contributed by atoms with E-state index in [9.17, 15) is 5.11 Å². The Hall–Kier alpha value is -1.32. The van der Waals surface area contributed by atoms with Crippen molar-refractivity contribution < 1.29 is 5.11 Å². The Kier molecular flexibility index (Phi) is 4.18. The molecule has 0 aromatic heterocycles. The Labute approximate surface area is 109 Å². The van der Waals surface area contributed by atoms with Crippen LogP contribution in [0.2, 0.25) is 0 Å². The molecule has 0 bridgehead atoms. The Bertz CT molecular complexity index is 455. The van der Waals surface area contributed by atoms with Gasteiger partial charge in [0.25, 0.3) is 0 Å². The number of aliphatic hydroxyl groups is 1. The molecule has 0 fully saturated rings. The van der Waals surface area contributed by atoms with Gasteiger partial charge in [-0.1, -0.05) is 46.3 Å². The molecule has 2 rings (SSSR count). The quantitative estimate of drug-likeness (QED) is 0.902. The molecule has 0 aliphatic rings. The van der Waals surface area contributed by atoms with Crippen LogP contribution in [-0.2, 0) is 0 Å². The molecule has 2 nitrogen and oxygen atoms in total. The number of rotatable bonds is 4. The van der Waals surface area contributed by atoms with Gasteiger partial charge >= 0.3 is 0 Å². The molecule has 17 heavy (non-hydrogen) atoms. The van der Waals surface area contributed by atoms with Crippen LogP contribution in [0.3, 0.4) is 0 Å². The van der Waals surface area contributed by atoms with Crippen LogP contribution in [0.4, 0.5) is 5.69 Å². The molecule has 2 aromatic carbocycles. The number of benzene rings is 2. The van der Waals surface area contributed by atoms with Gasteiger partial charge in [0.15, 0.2) is 0 Å². The van der Waals surface area contributed by atoms with Crippen molar-refractivity contribution in [1.82, 2.24) is 0 Å². The van der Waals surface area contributed by atoms with Crippen LogP contribution < -0.4 is 5.32 Å². The van der Waals surface area contributed by atoms with E-state index in [0.717, 1.165) is 15.7 Å². The molecule has 0 saturated heterocycles. The van der Waals surface area contributed by atoms with E-state index in [2.05, 4.69) is 21.2 Å². The van der Waals surface area contributed by atoms with Gasteiger partial charge in [0, 0.05) is 10.2 Å². The van der Waals surface area contributed by atoms with E-state index >= 15 is 0 Å². The lowest BCUT2D eigenvalue weighted by atomic mass is 10.1. The second kappa shape index (κ2) is 5.84. The third-order valence-corrected chi connectivity index (χ3v) is 3.10. The topological polar surface area (TPSA) is 32.3 Å². The fourth-order valence-electron chi connectivity index (χ4n) is 1.67. The first-order chi connectivity index (χ1) is 8.29. The van der Waals surface area contributed by atoms with Crippen LogP contribution in [0.1, 0.15) is 11.6 Å². The molecule has 0 saturated carbocycles. The highest BCUT2D eigenvalue weighted by molar-refractivity contribution is 9.10. The van der Waals surface area contributed by atoms with Crippen molar-refractivity contribution in [3.63, 3.8) is 0 Å². The van der Waals surface area contributed by atoms with E-state index in [-0.39, 0.29) is 12.6 Å². The van der Waals surface area contributed by atoms with Gasteiger partial charge < -0.3 is 10.4 Å². The molecule has 2 aromatic rings. The largest absolute Gasteiger partial charge is 0.394 e. The van der Waals surface area contributed by atoms with Crippen LogP contribution in [0.25, 0.3) is 0 Å². The molecule has 88 valence electrons. The minimum absolute atomic E-state index is 0.0660. The number of hydrogen-bond acceptors (Lipinski definition) is 2. The minimum Gasteiger partial charge on any atom is -0.394 e. The highest BCUT2D eigenvalue weighted by atomic mass is 79.9. The number of halogens is 1. The normalized spacial score (nSPS) is 12.1. The molecule has 1 unspecified atom stereocenters. The predicted molar refractivity (Wildman–Crippen MR) is 74.0 cm³/mol. The summed E-state index contributed by atoms with van der Waals surface area (Å²) in [4.78, 5) is 0. The van der Waals surface area contributed by atoms with Crippen molar-refractivity contribution in [2.45, 2.75) is 6.04 Å². The van der Waals surface area contributed by atoms with Crippen LogP contribution in [-0.4, -0.2) is 11.7 Å². The molecular weight excluding hydrogens is 278 g/mol. The fourth-order valence-corrected chi connectivity index (χ4v) is 1.93. The number of anilines is 1. The van der Waals surface area contributed by atoms with Crippen LogP contribution >= 0.6 is 15.9 Å². The summed E-state index contributed by atoms with van der Waals surface area (Å²) < 4.78 is 1.04. The third-order valence-electron chi connectivity index (χ3n) is 2.57.